The molecule has 0 radical (unpaired) electrons. The van der Waals surface area contributed by atoms with Gasteiger partial charge >= 0.3 is 0 Å². The van der Waals surface area contributed by atoms with Crippen LogP contribution in [0, 0.1) is 12.7 Å². The molecular formula is C20H19FN4O2. The molecule has 138 valence electrons. The third kappa shape index (κ3) is 3.87. The van der Waals surface area contributed by atoms with Crippen molar-refractivity contribution in [2.75, 3.05) is 19.4 Å². The van der Waals surface area contributed by atoms with Crippen LogP contribution in [-0.4, -0.2) is 40.6 Å². The van der Waals surface area contributed by atoms with Crippen molar-refractivity contribution in [2.24, 2.45) is 0 Å². The molecule has 3 aromatic rings. The fourth-order valence-corrected chi connectivity index (χ4v) is 2.66. The molecule has 0 aliphatic heterocycles. The number of hydrogen-bond donors (Lipinski definition) is 1. The van der Waals surface area contributed by atoms with Gasteiger partial charge in [-0.15, -0.1) is 0 Å². The fraction of sp³-hybridized carbons (Fsp3) is 0.150. The molecule has 0 fully saturated rings. The van der Waals surface area contributed by atoms with Gasteiger partial charge in [-0.25, -0.2) is 9.07 Å². The zero-order chi connectivity index (χ0) is 19.6. The van der Waals surface area contributed by atoms with Crippen LogP contribution < -0.4 is 5.32 Å². The first-order valence-corrected chi connectivity index (χ1v) is 8.30. The van der Waals surface area contributed by atoms with Crippen LogP contribution in [0.15, 0.2) is 54.7 Å². The number of aromatic nitrogens is 2. The molecule has 1 N–H and O–H groups in total. The second-order valence-corrected chi connectivity index (χ2v) is 6.27. The van der Waals surface area contributed by atoms with Crippen molar-refractivity contribution in [3.05, 3.63) is 77.4 Å². The van der Waals surface area contributed by atoms with E-state index in [1.807, 2.05) is 0 Å². The highest BCUT2D eigenvalue weighted by Gasteiger charge is 2.16. The smallest absolute Gasteiger partial charge is 0.259 e. The number of halogens is 1. The summed E-state index contributed by atoms with van der Waals surface area (Å²) in [6.07, 6.45) is 1.46. The molecule has 1 heterocycles. The highest BCUT2D eigenvalue weighted by molar-refractivity contribution is 6.05. The van der Waals surface area contributed by atoms with E-state index < -0.39 is 0 Å². The normalized spacial score (nSPS) is 10.5. The Hall–Kier alpha value is -3.48. The lowest BCUT2D eigenvalue weighted by atomic mass is 10.1. The van der Waals surface area contributed by atoms with Crippen molar-refractivity contribution in [2.45, 2.75) is 6.92 Å². The summed E-state index contributed by atoms with van der Waals surface area (Å²) in [5.74, 6) is -0.824. The Bertz CT molecular complexity index is 993. The average molecular weight is 366 g/mol. The lowest BCUT2D eigenvalue weighted by molar-refractivity contribution is 0.0827. The van der Waals surface area contributed by atoms with E-state index in [-0.39, 0.29) is 17.6 Å². The van der Waals surface area contributed by atoms with Crippen molar-refractivity contribution >= 4 is 17.5 Å². The predicted octanol–water partition coefficient (Wildman–Crippen LogP) is 3.27. The summed E-state index contributed by atoms with van der Waals surface area (Å²) in [4.78, 5) is 26.2. The number of nitrogens with zero attached hydrogens (tertiary/aromatic N) is 3. The van der Waals surface area contributed by atoms with E-state index in [1.165, 1.54) is 23.2 Å². The second kappa shape index (κ2) is 7.41. The summed E-state index contributed by atoms with van der Waals surface area (Å²) in [6, 6.07) is 12.6. The first-order chi connectivity index (χ1) is 12.9. The number of benzene rings is 2. The van der Waals surface area contributed by atoms with Gasteiger partial charge in [0.1, 0.15) is 5.82 Å². The highest BCUT2D eigenvalue weighted by atomic mass is 19.1. The quantitative estimate of drug-likeness (QED) is 0.771. The zero-order valence-corrected chi connectivity index (χ0v) is 15.2. The summed E-state index contributed by atoms with van der Waals surface area (Å²) in [5.41, 5.74) is 2.67. The third-order valence-corrected chi connectivity index (χ3v) is 4.10. The molecule has 2 aromatic carbocycles. The molecule has 3 rings (SSSR count). The average Bonchev–Trinajstić information content (AvgIpc) is 3.03. The Morgan fingerprint density at radius 2 is 1.81 bits per heavy atom. The van der Waals surface area contributed by atoms with Crippen molar-refractivity contribution in [1.82, 2.24) is 14.7 Å². The zero-order valence-electron chi connectivity index (χ0n) is 15.2. The van der Waals surface area contributed by atoms with Crippen LogP contribution in [0.3, 0.4) is 0 Å². The maximum atomic E-state index is 13.1. The van der Waals surface area contributed by atoms with Crippen molar-refractivity contribution in [3.63, 3.8) is 0 Å². The first-order valence-electron chi connectivity index (χ1n) is 8.30. The van der Waals surface area contributed by atoms with E-state index in [2.05, 4.69) is 10.4 Å². The lowest BCUT2D eigenvalue weighted by Crippen LogP contribution is -2.22. The number of rotatable bonds is 4. The molecule has 2 amide bonds. The summed E-state index contributed by atoms with van der Waals surface area (Å²) in [7, 11) is 3.33. The number of carbonyl (C=O) groups is 2. The number of amides is 2. The number of carbonyl (C=O) groups excluding carboxylic acids is 2. The van der Waals surface area contributed by atoms with Crippen LogP contribution in [0.1, 0.15) is 26.4 Å². The Labute approximate surface area is 156 Å². The van der Waals surface area contributed by atoms with Crippen LogP contribution in [0.25, 0.3) is 5.69 Å². The van der Waals surface area contributed by atoms with Gasteiger partial charge in [0.25, 0.3) is 11.8 Å². The highest BCUT2D eigenvalue weighted by Crippen LogP contribution is 2.18. The largest absolute Gasteiger partial charge is 0.345 e. The van der Waals surface area contributed by atoms with E-state index in [1.54, 1.807) is 62.1 Å². The van der Waals surface area contributed by atoms with Gasteiger partial charge in [-0.05, 0) is 49.4 Å². The fourth-order valence-electron chi connectivity index (χ4n) is 2.66. The Morgan fingerprint density at radius 3 is 2.48 bits per heavy atom. The van der Waals surface area contributed by atoms with Crippen molar-refractivity contribution in [3.8, 4) is 5.69 Å². The van der Waals surface area contributed by atoms with Crippen LogP contribution in [0.4, 0.5) is 10.1 Å². The third-order valence-electron chi connectivity index (χ3n) is 4.10. The molecule has 1 aromatic heterocycles. The van der Waals surface area contributed by atoms with Crippen LogP contribution in [-0.2, 0) is 0 Å². The molecule has 0 aliphatic rings. The maximum Gasteiger partial charge on any atom is 0.259 e. The second-order valence-electron chi connectivity index (χ2n) is 6.27. The minimum atomic E-state index is -0.339. The number of hydrogen-bond acceptors (Lipinski definition) is 3. The maximum absolute atomic E-state index is 13.1. The van der Waals surface area contributed by atoms with Gasteiger partial charge in [-0.1, -0.05) is 6.07 Å². The molecule has 0 saturated heterocycles. The molecule has 0 aliphatic carbocycles. The van der Waals surface area contributed by atoms with Gasteiger partial charge < -0.3 is 10.2 Å². The van der Waals surface area contributed by atoms with E-state index in [0.29, 0.717) is 28.2 Å². The monoisotopic (exact) mass is 366 g/mol. The molecule has 0 saturated carbocycles. The van der Waals surface area contributed by atoms with Crippen LogP contribution in [0.5, 0.6) is 0 Å². The molecule has 7 heteroatoms. The number of anilines is 1. The van der Waals surface area contributed by atoms with Gasteiger partial charge in [0, 0.05) is 25.3 Å². The van der Waals surface area contributed by atoms with Crippen molar-refractivity contribution < 1.29 is 14.0 Å². The Kier molecular flexibility index (Phi) is 5.03. The summed E-state index contributed by atoms with van der Waals surface area (Å²) >= 11 is 0. The standard InChI is InChI=1S/C20H19FN4O2/c1-13-18(12-22-25(13)17-9-7-15(21)8-10-17)19(26)23-16-6-4-5-14(11-16)20(27)24(2)3/h4-12H,1-3H3,(H,23,26). The number of nitrogens with one attached hydrogen (secondary N) is 1. The topological polar surface area (TPSA) is 67.2 Å². The minimum absolute atomic E-state index is 0.147. The van der Waals surface area contributed by atoms with E-state index in [9.17, 15) is 14.0 Å². The Morgan fingerprint density at radius 1 is 1.11 bits per heavy atom. The van der Waals surface area contributed by atoms with Gasteiger partial charge in [0.05, 0.1) is 23.1 Å². The molecule has 0 spiro atoms. The molecule has 0 unspecified atom stereocenters. The van der Waals surface area contributed by atoms with Crippen LogP contribution in [0.2, 0.25) is 0 Å². The Balaban J connectivity index is 1.82. The SMILES string of the molecule is Cc1c(C(=O)Nc2cccc(C(=O)N(C)C)c2)cnn1-c1ccc(F)cc1. The summed E-state index contributed by atoms with van der Waals surface area (Å²) in [6.45, 7) is 1.76. The van der Waals surface area contributed by atoms with Gasteiger partial charge in [0.2, 0.25) is 0 Å². The molecule has 0 bridgehead atoms. The molecular weight excluding hydrogens is 347 g/mol. The van der Waals surface area contributed by atoms with Crippen LogP contribution >= 0.6 is 0 Å². The van der Waals surface area contributed by atoms with E-state index >= 15 is 0 Å². The van der Waals surface area contributed by atoms with E-state index in [4.69, 9.17) is 0 Å². The lowest BCUT2D eigenvalue weighted by Gasteiger charge is -2.11. The van der Waals surface area contributed by atoms with E-state index in [0.717, 1.165) is 0 Å². The minimum Gasteiger partial charge on any atom is -0.345 e. The van der Waals surface area contributed by atoms with Crippen molar-refractivity contribution in [1.29, 1.82) is 0 Å². The summed E-state index contributed by atoms with van der Waals surface area (Å²) < 4.78 is 14.7. The first kappa shape index (κ1) is 18.3. The molecule has 27 heavy (non-hydrogen) atoms. The van der Waals surface area contributed by atoms with Gasteiger partial charge in [-0.2, -0.15) is 5.10 Å². The molecule has 0 atom stereocenters. The summed E-state index contributed by atoms with van der Waals surface area (Å²) in [5, 5.41) is 7.00. The van der Waals surface area contributed by atoms with Gasteiger partial charge in [0.15, 0.2) is 0 Å². The molecule has 6 nitrogen and oxygen atoms in total. The van der Waals surface area contributed by atoms with Gasteiger partial charge in [-0.3, -0.25) is 9.59 Å². The predicted molar refractivity (Wildman–Crippen MR) is 101 cm³/mol.